The Morgan fingerprint density at radius 1 is 1.11 bits per heavy atom. The summed E-state index contributed by atoms with van der Waals surface area (Å²) in [7, 11) is -3.24. The van der Waals surface area contributed by atoms with E-state index in [4.69, 9.17) is 0 Å². The summed E-state index contributed by atoms with van der Waals surface area (Å²) in [6, 6.07) is 0.348. The molecule has 0 radical (unpaired) electrons. The molecule has 3 atom stereocenters. The van der Waals surface area contributed by atoms with Gasteiger partial charge in [-0.1, -0.05) is 6.42 Å². The normalized spacial score (nSPS) is 39.1. The van der Waals surface area contributed by atoms with Gasteiger partial charge in [-0.25, -0.2) is 0 Å². The Morgan fingerprint density at radius 3 is 2.56 bits per heavy atom. The minimum Gasteiger partial charge on any atom is -0.315 e. The Balaban J connectivity index is 1.83. The fourth-order valence-electron chi connectivity index (χ4n) is 3.75. The summed E-state index contributed by atoms with van der Waals surface area (Å²) in [5.41, 5.74) is 0. The van der Waals surface area contributed by atoms with Crippen molar-refractivity contribution in [1.82, 2.24) is 13.9 Å². The van der Waals surface area contributed by atoms with E-state index in [0.29, 0.717) is 19.0 Å². The van der Waals surface area contributed by atoms with E-state index < -0.39 is 10.2 Å². The lowest BCUT2D eigenvalue weighted by Crippen LogP contribution is -2.51. The van der Waals surface area contributed by atoms with Crippen LogP contribution in [0.3, 0.4) is 0 Å². The van der Waals surface area contributed by atoms with Crippen LogP contribution in [0, 0.1) is 5.92 Å². The van der Waals surface area contributed by atoms with Crippen LogP contribution in [0.15, 0.2) is 0 Å². The highest BCUT2D eigenvalue weighted by molar-refractivity contribution is 7.86. The lowest BCUT2D eigenvalue weighted by atomic mass is 10.0. The average Bonchev–Trinajstić information content (AvgIpc) is 2.89. The molecule has 3 aliphatic rings. The van der Waals surface area contributed by atoms with E-state index in [-0.39, 0.29) is 12.1 Å². The molecule has 0 amide bonds. The van der Waals surface area contributed by atoms with Crippen molar-refractivity contribution in [3.8, 4) is 0 Å². The monoisotopic (exact) mass is 273 g/mol. The molecule has 0 bridgehead atoms. The first-order valence-electron chi connectivity index (χ1n) is 7.10. The molecule has 6 heteroatoms. The summed E-state index contributed by atoms with van der Waals surface area (Å²) < 4.78 is 29.0. The summed E-state index contributed by atoms with van der Waals surface area (Å²) in [6.07, 6.45) is 4.18. The number of rotatable bonds is 2. The van der Waals surface area contributed by atoms with Crippen LogP contribution in [-0.4, -0.2) is 55.3 Å². The summed E-state index contributed by atoms with van der Waals surface area (Å²) in [5.74, 6) is 0.513. The number of hydrogen-bond acceptors (Lipinski definition) is 3. The maximum Gasteiger partial charge on any atom is 0.282 e. The molecule has 0 aromatic carbocycles. The van der Waals surface area contributed by atoms with Crippen LogP contribution >= 0.6 is 0 Å². The molecule has 3 unspecified atom stereocenters. The van der Waals surface area contributed by atoms with Crippen molar-refractivity contribution >= 4 is 10.2 Å². The molecular weight excluding hydrogens is 250 g/mol. The van der Waals surface area contributed by atoms with Gasteiger partial charge in [0.25, 0.3) is 10.2 Å². The van der Waals surface area contributed by atoms with Crippen molar-refractivity contribution < 1.29 is 8.42 Å². The standard InChI is InChI=1S/C12H23N3O2S/c1-10-7-11-8-13-9-12(11)15(10)18(16,17)14-5-3-2-4-6-14/h10-13H,2-9H2,1H3. The highest BCUT2D eigenvalue weighted by Gasteiger charge is 2.49. The van der Waals surface area contributed by atoms with Gasteiger partial charge in [-0.2, -0.15) is 17.0 Å². The zero-order valence-electron chi connectivity index (χ0n) is 11.0. The largest absolute Gasteiger partial charge is 0.315 e. The predicted molar refractivity (Wildman–Crippen MR) is 70.4 cm³/mol. The number of nitrogens with zero attached hydrogens (tertiary/aromatic N) is 2. The SMILES string of the molecule is CC1CC2CNCC2N1S(=O)(=O)N1CCCCC1. The molecule has 3 rings (SSSR count). The minimum absolute atomic E-state index is 0.161. The van der Waals surface area contributed by atoms with Crippen LogP contribution in [0.1, 0.15) is 32.6 Å². The second kappa shape index (κ2) is 4.74. The van der Waals surface area contributed by atoms with Crippen LogP contribution in [0.5, 0.6) is 0 Å². The number of nitrogens with one attached hydrogen (secondary N) is 1. The summed E-state index contributed by atoms with van der Waals surface area (Å²) >= 11 is 0. The zero-order chi connectivity index (χ0) is 12.8. The van der Waals surface area contributed by atoms with Crippen LogP contribution in [0.2, 0.25) is 0 Å². The molecule has 3 aliphatic heterocycles. The van der Waals surface area contributed by atoms with Gasteiger partial charge >= 0.3 is 0 Å². The second-order valence-corrected chi connectivity index (χ2v) is 7.70. The van der Waals surface area contributed by atoms with Gasteiger partial charge in [0.1, 0.15) is 0 Å². The molecule has 0 aliphatic carbocycles. The van der Waals surface area contributed by atoms with Gasteiger partial charge in [0.05, 0.1) is 0 Å². The van der Waals surface area contributed by atoms with Gasteiger partial charge in [0, 0.05) is 31.7 Å². The third-order valence-corrected chi connectivity index (χ3v) is 6.80. The first-order chi connectivity index (χ1) is 8.60. The molecule has 1 N–H and O–H groups in total. The average molecular weight is 273 g/mol. The van der Waals surface area contributed by atoms with E-state index in [2.05, 4.69) is 12.2 Å². The highest BCUT2D eigenvalue weighted by Crippen LogP contribution is 2.35. The van der Waals surface area contributed by atoms with Crippen molar-refractivity contribution in [2.45, 2.75) is 44.7 Å². The topological polar surface area (TPSA) is 52.7 Å². The smallest absolute Gasteiger partial charge is 0.282 e. The first-order valence-corrected chi connectivity index (χ1v) is 8.50. The van der Waals surface area contributed by atoms with E-state index in [9.17, 15) is 8.42 Å². The molecule has 0 aromatic rings. The molecule has 3 saturated heterocycles. The van der Waals surface area contributed by atoms with E-state index in [1.165, 1.54) is 0 Å². The van der Waals surface area contributed by atoms with Crippen LogP contribution in [-0.2, 0) is 10.2 Å². The Bertz CT molecular complexity index is 406. The fourth-order valence-corrected chi connectivity index (χ4v) is 5.87. The molecule has 104 valence electrons. The molecule has 0 aromatic heterocycles. The number of hydrogen-bond donors (Lipinski definition) is 1. The van der Waals surface area contributed by atoms with Crippen LogP contribution in [0.25, 0.3) is 0 Å². The molecular formula is C12H23N3O2S. The predicted octanol–water partition coefficient (Wildman–Crippen LogP) is 0.399. The molecule has 3 fully saturated rings. The number of piperidine rings is 1. The minimum atomic E-state index is -3.24. The van der Waals surface area contributed by atoms with Gasteiger partial charge in [0.15, 0.2) is 0 Å². The third kappa shape index (κ3) is 1.99. The lowest BCUT2D eigenvalue weighted by Gasteiger charge is -2.34. The maximum atomic E-state index is 12.8. The summed E-state index contributed by atoms with van der Waals surface area (Å²) in [5, 5.41) is 3.33. The van der Waals surface area contributed by atoms with Crippen molar-refractivity contribution in [3.05, 3.63) is 0 Å². The fraction of sp³-hybridized carbons (Fsp3) is 1.00. The van der Waals surface area contributed by atoms with E-state index in [1.807, 2.05) is 0 Å². The van der Waals surface area contributed by atoms with Gasteiger partial charge in [-0.05, 0) is 38.6 Å². The Morgan fingerprint density at radius 2 is 1.83 bits per heavy atom. The Hall–Kier alpha value is -0.170. The lowest BCUT2D eigenvalue weighted by molar-refractivity contribution is 0.272. The van der Waals surface area contributed by atoms with Crippen LogP contribution < -0.4 is 5.32 Å². The number of fused-ring (bicyclic) bond motifs is 1. The van der Waals surface area contributed by atoms with E-state index in [1.54, 1.807) is 8.61 Å². The first kappa shape index (κ1) is 12.8. The molecule has 5 nitrogen and oxygen atoms in total. The van der Waals surface area contributed by atoms with E-state index in [0.717, 1.165) is 38.8 Å². The van der Waals surface area contributed by atoms with Crippen molar-refractivity contribution in [2.75, 3.05) is 26.2 Å². The Kier molecular flexibility index (Phi) is 3.38. The third-order valence-electron chi connectivity index (χ3n) is 4.62. The molecule has 0 saturated carbocycles. The van der Waals surface area contributed by atoms with Crippen molar-refractivity contribution in [1.29, 1.82) is 0 Å². The van der Waals surface area contributed by atoms with Gasteiger partial charge in [-0.15, -0.1) is 0 Å². The Labute approximate surface area is 110 Å². The van der Waals surface area contributed by atoms with Crippen molar-refractivity contribution in [3.63, 3.8) is 0 Å². The van der Waals surface area contributed by atoms with Crippen molar-refractivity contribution in [2.24, 2.45) is 5.92 Å². The van der Waals surface area contributed by atoms with Gasteiger partial charge in [0.2, 0.25) is 0 Å². The molecule has 18 heavy (non-hydrogen) atoms. The van der Waals surface area contributed by atoms with E-state index >= 15 is 0 Å². The summed E-state index contributed by atoms with van der Waals surface area (Å²) in [6.45, 7) is 5.26. The summed E-state index contributed by atoms with van der Waals surface area (Å²) in [4.78, 5) is 0. The molecule has 0 spiro atoms. The van der Waals surface area contributed by atoms with Gasteiger partial charge < -0.3 is 5.32 Å². The maximum absolute atomic E-state index is 12.8. The quantitative estimate of drug-likeness (QED) is 0.792. The van der Waals surface area contributed by atoms with Crippen LogP contribution in [0.4, 0.5) is 0 Å². The zero-order valence-corrected chi connectivity index (χ0v) is 11.8. The highest BCUT2D eigenvalue weighted by atomic mass is 32.2. The second-order valence-electron chi connectivity index (χ2n) is 5.87. The molecule has 3 heterocycles. The van der Waals surface area contributed by atoms with Gasteiger partial charge in [-0.3, -0.25) is 0 Å².